The van der Waals surface area contributed by atoms with E-state index in [9.17, 15) is 9.90 Å². The lowest BCUT2D eigenvalue weighted by molar-refractivity contribution is 0.0945. The molecule has 106 valence electrons. The van der Waals surface area contributed by atoms with Crippen LogP contribution in [0.15, 0.2) is 18.2 Å². The maximum atomic E-state index is 11.8. The standard InChI is InChI=1S/C13H20N2O4/c1-15(7-8-19-2)6-5-14-13(18)11-4-3-10(16)9-12(11)17/h3-4,9,16-17H,5-8H2,1-2H3,(H,14,18). The minimum absolute atomic E-state index is 0.0756. The molecule has 0 radical (unpaired) electrons. The molecule has 0 aliphatic rings. The summed E-state index contributed by atoms with van der Waals surface area (Å²) in [6.07, 6.45) is 0. The maximum absolute atomic E-state index is 11.8. The highest BCUT2D eigenvalue weighted by Crippen LogP contribution is 2.22. The number of aromatic hydroxyl groups is 2. The Morgan fingerprint density at radius 3 is 2.74 bits per heavy atom. The van der Waals surface area contributed by atoms with Crippen molar-refractivity contribution < 1.29 is 19.7 Å². The third-order valence-electron chi connectivity index (χ3n) is 2.68. The molecule has 0 spiro atoms. The zero-order chi connectivity index (χ0) is 14.3. The van der Waals surface area contributed by atoms with E-state index in [0.29, 0.717) is 19.7 Å². The summed E-state index contributed by atoms with van der Waals surface area (Å²) in [7, 11) is 3.58. The number of carbonyl (C=O) groups is 1. The molecular weight excluding hydrogens is 248 g/mol. The molecular formula is C13H20N2O4. The van der Waals surface area contributed by atoms with Gasteiger partial charge in [0.25, 0.3) is 5.91 Å². The van der Waals surface area contributed by atoms with Gasteiger partial charge in [-0.3, -0.25) is 4.79 Å². The van der Waals surface area contributed by atoms with Crippen molar-refractivity contribution in [3.63, 3.8) is 0 Å². The topological polar surface area (TPSA) is 82.0 Å². The van der Waals surface area contributed by atoms with Crippen molar-refractivity contribution >= 4 is 5.91 Å². The first-order chi connectivity index (χ1) is 9.04. The number of rotatable bonds is 7. The van der Waals surface area contributed by atoms with E-state index in [-0.39, 0.29) is 23.0 Å². The Bertz CT molecular complexity index is 423. The highest BCUT2D eigenvalue weighted by atomic mass is 16.5. The molecule has 0 aliphatic carbocycles. The molecule has 19 heavy (non-hydrogen) atoms. The summed E-state index contributed by atoms with van der Waals surface area (Å²) in [6.45, 7) is 2.59. The molecule has 0 heterocycles. The highest BCUT2D eigenvalue weighted by Gasteiger charge is 2.11. The van der Waals surface area contributed by atoms with Crippen LogP contribution in [0.5, 0.6) is 11.5 Å². The SMILES string of the molecule is COCCN(C)CCNC(=O)c1ccc(O)cc1O. The molecule has 1 rings (SSSR count). The van der Waals surface area contributed by atoms with Crippen LogP contribution in [0, 0.1) is 0 Å². The Morgan fingerprint density at radius 2 is 2.11 bits per heavy atom. The van der Waals surface area contributed by atoms with Gasteiger partial charge in [-0.05, 0) is 19.2 Å². The Kier molecular flexibility index (Phi) is 6.11. The van der Waals surface area contributed by atoms with Crippen LogP contribution in [-0.4, -0.2) is 61.4 Å². The fourth-order valence-electron chi connectivity index (χ4n) is 1.53. The fourth-order valence-corrected chi connectivity index (χ4v) is 1.53. The second-order valence-corrected chi connectivity index (χ2v) is 4.25. The monoisotopic (exact) mass is 268 g/mol. The van der Waals surface area contributed by atoms with Crippen LogP contribution in [-0.2, 0) is 4.74 Å². The molecule has 0 saturated heterocycles. The van der Waals surface area contributed by atoms with E-state index < -0.39 is 0 Å². The van der Waals surface area contributed by atoms with Crippen LogP contribution in [0.2, 0.25) is 0 Å². The molecule has 0 aliphatic heterocycles. The van der Waals surface area contributed by atoms with E-state index in [1.807, 2.05) is 11.9 Å². The van der Waals surface area contributed by atoms with E-state index in [1.165, 1.54) is 12.1 Å². The number of methoxy groups -OCH3 is 1. The van der Waals surface area contributed by atoms with Crippen molar-refractivity contribution in [2.24, 2.45) is 0 Å². The predicted molar refractivity (Wildman–Crippen MR) is 71.5 cm³/mol. The predicted octanol–water partition coefficient (Wildman–Crippen LogP) is 0.406. The fraction of sp³-hybridized carbons (Fsp3) is 0.462. The third-order valence-corrected chi connectivity index (χ3v) is 2.68. The van der Waals surface area contributed by atoms with Gasteiger partial charge in [0.1, 0.15) is 11.5 Å². The smallest absolute Gasteiger partial charge is 0.255 e. The molecule has 0 fully saturated rings. The number of benzene rings is 1. The molecule has 0 unspecified atom stereocenters. The van der Waals surface area contributed by atoms with Gasteiger partial charge >= 0.3 is 0 Å². The first-order valence-electron chi connectivity index (χ1n) is 6.02. The van der Waals surface area contributed by atoms with Gasteiger partial charge in [0, 0.05) is 32.8 Å². The van der Waals surface area contributed by atoms with Gasteiger partial charge in [0.05, 0.1) is 12.2 Å². The summed E-state index contributed by atoms with van der Waals surface area (Å²) >= 11 is 0. The molecule has 0 bridgehead atoms. The van der Waals surface area contributed by atoms with Gasteiger partial charge in [-0.25, -0.2) is 0 Å². The molecule has 6 nitrogen and oxygen atoms in total. The number of likely N-dealkylation sites (N-methyl/N-ethyl adjacent to an activating group) is 1. The minimum atomic E-state index is -0.363. The molecule has 0 saturated carbocycles. The highest BCUT2D eigenvalue weighted by molar-refractivity contribution is 5.96. The second-order valence-electron chi connectivity index (χ2n) is 4.25. The van der Waals surface area contributed by atoms with Crippen LogP contribution in [0.4, 0.5) is 0 Å². The molecule has 1 aromatic carbocycles. The average molecular weight is 268 g/mol. The number of phenolic OH excluding ortho intramolecular Hbond substituents is 2. The number of ether oxygens (including phenoxy) is 1. The first kappa shape index (κ1) is 15.3. The molecule has 0 aromatic heterocycles. The Labute approximate surface area is 112 Å². The lowest BCUT2D eigenvalue weighted by Gasteiger charge is -2.16. The van der Waals surface area contributed by atoms with Crippen LogP contribution in [0.3, 0.4) is 0 Å². The lowest BCUT2D eigenvalue weighted by Crippen LogP contribution is -2.34. The van der Waals surface area contributed by atoms with Crippen LogP contribution in [0.25, 0.3) is 0 Å². The molecule has 6 heteroatoms. The number of hydrogen-bond acceptors (Lipinski definition) is 5. The van der Waals surface area contributed by atoms with Crippen molar-refractivity contribution in [1.82, 2.24) is 10.2 Å². The van der Waals surface area contributed by atoms with Gasteiger partial charge in [0.15, 0.2) is 0 Å². The van der Waals surface area contributed by atoms with E-state index >= 15 is 0 Å². The summed E-state index contributed by atoms with van der Waals surface area (Å²) < 4.78 is 4.95. The summed E-state index contributed by atoms with van der Waals surface area (Å²) in [5, 5.41) is 21.4. The van der Waals surface area contributed by atoms with Gasteiger partial charge < -0.3 is 25.2 Å². The van der Waals surface area contributed by atoms with Crippen molar-refractivity contribution in [3.05, 3.63) is 23.8 Å². The zero-order valence-corrected chi connectivity index (χ0v) is 11.2. The van der Waals surface area contributed by atoms with Crippen LogP contribution in [0.1, 0.15) is 10.4 Å². The lowest BCUT2D eigenvalue weighted by atomic mass is 10.2. The molecule has 3 N–H and O–H groups in total. The summed E-state index contributed by atoms with van der Waals surface area (Å²) in [5.74, 6) is -0.670. The van der Waals surface area contributed by atoms with E-state index in [2.05, 4.69) is 5.32 Å². The van der Waals surface area contributed by atoms with E-state index in [0.717, 1.165) is 12.6 Å². The number of hydrogen-bond donors (Lipinski definition) is 3. The summed E-state index contributed by atoms with van der Waals surface area (Å²) in [5.41, 5.74) is 0.150. The summed E-state index contributed by atoms with van der Waals surface area (Å²) in [6, 6.07) is 3.88. The van der Waals surface area contributed by atoms with Gasteiger partial charge in [0.2, 0.25) is 0 Å². The third kappa shape index (κ3) is 5.15. The van der Waals surface area contributed by atoms with Crippen LogP contribution < -0.4 is 5.32 Å². The van der Waals surface area contributed by atoms with Crippen molar-refractivity contribution in [3.8, 4) is 11.5 Å². The second kappa shape index (κ2) is 7.60. The van der Waals surface area contributed by atoms with Crippen LogP contribution >= 0.6 is 0 Å². The zero-order valence-electron chi connectivity index (χ0n) is 11.2. The quantitative estimate of drug-likeness (QED) is 0.667. The normalized spacial score (nSPS) is 10.7. The maximum Gasteiger partial charge on any atom is 0.255 e. The summed E-state index contributed by atoms with van der Waals surface area (Å²) in [4.78, 5) is 13.8. The number of nitrogens with one attached hydrogen (secondary N) is 1. The number of carbonyl (C=O) groups excluding carboxylic acids is 1. The largest absolute Gasteiger partial charge is 0.508 e. The Morgan fingerprint density at radius 1 is 1.37 bits per heavy atom. The minimum Gasteiger partial charge on any atom is -0.508 e. The number of amides is 1. The number of phenols is 2. The van der Waals surface area contributed by atoms with Crippen molar-refractivity contribution in [2.75, 3.05) is 40.4 Å². The van der Waals surface area contributed by atoms with E-state index in [1.54, 1.807) is 7.11 Å². The van der Waals surface area contributed by atoms with Gasteiger partial charge in [-0.15, -0.1) is 0 Å². The molecule has 1 aromatic rings. The number of nitrogens with zero attached hydrogens (tertiary/aromatic N) is 1. The van der Waals surface area contributed by atoms with E-state index in [4.69, 9.17) is 9.84 Å². The Balaban J connectivity index is 2.39. The van der Waals surface area contributed by atoms with Gasteiger partial charge in [-0.2, -0.15) is 0 Å². The molecule has 0 atom stereocenters. The van der Waals surface area contributed by atoms with Gasteiger partial charge in [-0.1, -0.05) is 0 Å². The Hall–Kier alpha value is -1.79. The van der Waals surface area contributed by atoms with Crippen molar-refractivity contribution in [2.45, 2.75) is 0 Å². The average Bonchev–Trinajstić information content (AvgIpc) is 2.36. The first-order valence-corrected chi connectivity index (χ1v) is 6.02. The van der Waals surface area contributed by atoms with Crippen molar-refractivity contribution in [1.29, 1.82) is 0 Å². The molecule has 1 amide bonds.